The van der Waals surface area contributed by atoms with Gasteiger partial charge in [0.2, 0.25) is 5.91 Å². The van der Waals surface area contributed by atoms with Crippen molar-refractivity contribution in [2.24, 2.45) is 0 Å². The third kappa shape index (κ3) is 4.94. The van der Waals surface area contributed by atoms with Gasteiger partial charge in [-0.2, -0.15) is 0 Å². The molecule has 2 rings (SSSR count). The van der Waals surface area contributed by atoms with Gasteiger partial charge in [-0.25, -0.2) is 0 Å². The van der Waals surface area contributed by atoms with Crippen molar-refractivity contribution >= 4 is 5.91 Å². The van der Waals surface area contributed by atoms with Crippen LogP contribution >= 0.6 is 0 Å². The number of nitrogens with one attached hydrogen (secondary N) is 2. The van der Waals surface area contributed by atoms with E-state index < -0.39 is 0 Å². The van der Waals surface area contributed by atoms with Gasteiger partial charge < -0.3 is 15.5 Å². The van der Waals surface area contributed by atoms with Gasteiger partial charge in [0, 0.05) is 25.6 Å². The summed E-state index contributed by atoms with van der Waals surface area (Å²) < 4.78 is 0. The van der Waals surface area contributed by atoms with Crippen LogP contribution in [0.3, 0.4) is 0 Å². The van der Waals surface area contributed by atoms with Crippen molar-refractivity contribution in [3.8, 4) is 0 Å². The van der Waals surface area contributed by atoms with Crippen molar-refractivity contribution in [2.45, 2.75) is 51.0 Å². The van der Waals surface area contributed by atoms with E-state index in [9.17, 15) is 4.79 Å². The van der Waals surface area contributed by atoms with E-state index in [1.165, 1.54) is 45.2 Å². The number of carbonyl (C=O) groups is 1. The molecule has 0 aromatic heterocycles. The zero-order chi connectivity index (χ0) is 12.6. The Morgan fingerprint density at radius 2 is 1.94 bits per heavy atom. The molecule has 1 unspecified atom stereocenters. The Balaban J connectivity index is 1.54. The lowest BCUT2D eigenvalue weighted by atomic mass is 10.1. The fourth-order valence-electron chi connectivity index (χ4n) is 2.94. The van der Waals surface area contributed by atoms with Crippen LogP contribution in [0.15, 0.2) is 0 Å². The van der Waals surface area contributed by atoms with Gasteiger partial charge in [0.15, 0.2) is 0 Å². The van der Waals surface area contributed by atoms with Crippen LogP contribution in [0.4, 0.5) is 0 Å². The first-order chi connectivity index (χ1) is 8.84. The summed E-state index contributed by atoms with van der Waals surface area (Å²) in [5.74, 6) is 0.212. The number of hydrogen-bond donors (Lipinski definition) is 2. The number of nitrogens with zero attached hydrogens (tertiary/aromatic N) is 1. The highest BCUT2D eigenvalue weighted by Gasteiger charge is 2.17. The molecule has 4 nitrogen and oxygen atoms in total. The van der Waals surface area contributed by atoms with Crippen molar-refractivity contribution in [2.75, 3.05) is 32.7 Å². The molecular formula is C14H27N3O. The topological polar surface area (TPSA) is 44.4 Å². The van der Waals surface area contributed by atoms with Gasteiger partial charge in [0.1, 0.15) is 0 Å². The molecule has 104 valence electrons. The molecule has 4 heteroatoms. The molecule has 2 aliphatic rings. The first kappa shape index (κ1) is 13.8. The minimum absolute atomic E-state index is 0.212. The van der Waals surface area contributed by atoms with E-state index in [0.29, 0.717) is 12.5 Å². The number of rotatable bonds is 5. The Kier molecular flexibility index (Phi) is 5.94. The highest BCUT2D eigenvalue weighted by atomic mass is 16.1. The van der Waals surface area contributed by atoms with Crippen LogP contribution in [0.2, 0.25) is 0 Å². The molecule has 0 bridgehead atoms. The van der Waals surface area contributed by atoms with Gasteiger partial charge in [-0.1, -0.05) is 12.8 Å². The van der Waals surface area contributed by atoms with Gasteiger partial charge >= 0.3 is 0 Å². The predicted octanol–water partition coefficient (Wildman–Crippen LogP) is 1.12. The first-order valence-corrected chi connectivity index (χ1v) is 7.57. The highest BCUT2D eigenvalue weighted by molar-refractivity contribution is 5.76. The molecule has 2 aliphatic heterocycles. The quantitative estimate of drug-likeness (QED) is 0.772. The summed E-state index contributed by atoms with van der Waals surface area (Å²) in [5, 5.41) is 6.42. The van der Waals surface area contributed by atoms with E-state index >= 15 is 0 Å². The summed E-state index contributed by atoms with van der Waals surface area (Å²) in [7, 11) is 0. The van der Waals surface area contributed by atoms with Crippen LogP contribution in [-0.4, -0.2) is 49.6 Å². The maximum atomic E-state index is 11.7. The second-order valence-corrected chi connectivity index (χ2v) is 5.60. The second kappa shape index (κ2) is 7.74. The number of carbonyl (C=O) groups excluding carboxylic acids is 1. The molecule has 0 radical (unpaired) electrons. The summed E-state index contributed by atoms with van der Waals surface area (Å²) >= 11 is 0. The van der Waals surface area contributed by atoms with E-state index in [0.717, 1.165) is 26.1 Å². The summed E-state index contributed by atoms with van der Waals surface area (Å²) in [6.45, 7) is 5.32. The zero-order valence-electron chi connectivity index (χ0n) is 11.4. The molecule has 0 saturated carbocycles. The van der Waals surface area contributed by atoms with Gasteiger partial charge in [-0.15, -0.1) is 0 Å². The summed E-state index contributed by atoms with van der Waals surface area (Å²) in [4.78, 5) is 14.2. The van der Waals surface area contributed by atoms with Crippen LogP contribution in [-0.2, 0) is 4.79 Å². The van der Waals surface area contributed by atoms with Crippen molar-refractivity contribution < 1.29 is 4.79 Å². The van der Waals surface area contributed by atoms with E-state index in [1.807, 2.05) is 0 Å². The largest absolute Gasteiger partial charge is 0.355 e. The number of hydrogen-bond acceptors (Lipinski definition) is 3. The van der Waals surface area contributed by atoms with E-state index in [4.69, 9.17) is 0 Å². The van der Waals surface area contributed by atoms with Crippen LogP contribution in [0.5, 0.6) is 0 Å². The Hall–Kier alpha value is -0.610. The maximum absolute atomic E-state index is 11.7. The Morgan fingerprint density at radius 1 is 1.17 bits per heavy atom. The molecule has 18 heavy (non-hydrogen) atoms. The lowest BCUT2D eigenvalue weighted by Gasteiger charge is -2.20. The SMILES string of the molecule is O=C(CC1CCCN1)NCCN1CCCCCC1. The van der Waals surface area contributed by atoms with Crippen molar-refractivity contribution in [3.05, 3.63) is 0 Å². The number of likely N-dealkylation sites (tertiary alicyclic amines) is 1. The van der Waals surface area contributed by atoms with Gasteiger partial charge in [-0.05, 0) is 45.3 Å². The molecule has 2 fully saturated rings. The van der Waals surface area contributed by atoms with Gasteiger partial charge in [0.05, 0.1) is 0 Å². The smallest absolute Gasteiger partial charge is 0.221 e. The highest BCUT2D eigenvalue weighted by Crippen LogP contribution is 2.09. The van der Waals surface area contributed by atoms with E-state index in [2.05, 4.69) is 15.5 Å². The van der Waals surface area contributed by atoms with Crippen molar-refractivity contribution in [1.82, 2.24) is 15.5 Å². The van der Waals surface area contributed by atoms with Crippen molar-refractivity contribution in [3.63, 3.8) is 0 Å². The Labute approximate surface area is 110 Å². The summed E-state index contributed by atoms with van der Waals surface area (Å²) in [5.41, 5.74) is 0. The molecule has 0 aromatic rings. The fourth-order valence-corrected chi connectivity index (χ4v) is 2.94. The molecule has 2 heterocycles. The molecule has 0 aromatic carbocycles. The molecule has 0 spiro atoms. The first-order valence-electron chi connectivity index (χ1n) is 7.57. The maximum Gasteiger partial charge on any atom is 0.221 e. The standard InChI is InChI=1S/C14H27N3O/c18-14(12-13-6-5-7-15-13)16-8-11-17-9-3-1-2-4-10-17/h13,15H,1-12H2,(H,16,18). The minimum atomic E-state index is 0.212. The number of amides is 1. The molecule has 0 aliphatic carbocycles. The Bertz CT molecular complexity index is 243. The monoisotopic (exact) mass is 253 g/mol. The fraction of sp³-hybridized carbons (Fsp3) is 0.929. The second-order valence-electron chi connectivity index (χ2n) is 5.60. The average molecular weight is 253 g/mol. The van der Waals surface area contributed by atoms with Gasteiger partial charge in [-0.3, -0.25) is 4.79 Å². The normalized spacial score (nSPS) is 25.9. The third-order valence-corrected chi connectivity index (χ3v) is 4.04. The van der Waals surface area contributed by atoms with E-state index in [-0.39, 0.29) is 5.91 Å². The molecule has 2 saturated heterocycles. The van der Waals surface area contributed by atoms with Crippen LogP contribution in [0.1, 0.15) is 44.9 Å². The Morgan fingerprint density at radius 3 is 2.61 bits per heavy atom. The van der Waals surface area contributed by atoms with E-state index in [1.54, 1.807) is 0 Å². The van der Waals surface area contributed by atoms with Gasteiger partial charge in [0.25, 0.3) is 0 Å². The lowest BCUT2D eigenvalue weighted by Crippen LogP contribution is -2.37. The average Bonchev–Trinajstić information content (AvgIpc) is 2.72. The lowest BCUT2D eigenvalue weighted by molar-refractivity contribution is -0.121. The summed E-state index contributed by atoms with van der Waals surface area (Å²) in [6, 6.07) is 0.420. The van der Waals surface area contributed by atoms with Crippen LogP contribution in [0, 0.1) is 0 Å². The van der Waals surface area contributed by atoms with Crippen LogP contribution < -0.4 is 10.6 Å². The third-order valence-electron chi connectivity index (χ3n) is 4.04. The summed E-state index contributed by atoms with van der Waals surface area (Å²) in [6.07, 6.45) is 8.40. The zero-order valence-corrected chi connectivity index (χ0v) is 11.4. The molecule has 1 amide bonds. The molecular weight excluding hydrogens is 226 g/mol. The van der Waals surface area contributed by atoms with Crippen molar-refractivity contribution in [1.29, 1.82) is 0 Å². The molecule has 2 N–H and O–H groups in total. The minimum Gasteiger partial charge on any atom is -0.355 e. The molecule has 1 atom stereocenters. The van der Waals surface area contributed by atoms with Crippen LogP contribution in [0.25, 0.3) is 0 Å². The predicted molar refractivity (Wildman–Crippen MR) is 73.6 cm³/mol.